The van der Waals surface area contributed by atoms with Crippen LogP contribution in [0, 0.1) is 0 Å². The Morgan fingerprint density at radius 1 is 0.760 bits per heavy atom. The highest BCUT2D eigenvalue weighted by molar-refractivity contribution is 6.04. The van der Waals surface area contributed by atoms with E-state index in [4.69, 9.17) is 14.6 Å². The molecule has 1 atom stereocenters. The van der Waals surface area contributed by atoms with Crippen LogP contribution in [0.3, 0.4) is 0 Å². The molecule has 0 spiro atoms. The Labute approximate surface area is 289 Å². The van der Waals surface area contributed by atoms with Crippen LogP contribution in [0.25, 0.3) is 28.0 Å². The van der Waals surface area contributed by atoms with Gasteiger partial charge in [-0.3, -0.25) is 28.5 Å². The molecular formula is C39H36N6O5. The number of para-hydroxylation sites is 3. The lowest BCUT2D eigenvalue weighted by Crippen LogP contribution is -2.40. The molecule has 1 aliphatic heterocycles. The van der Waals surface area contributed by atoms with Crippen LogP contribution in [-0.4, -0.2) is 54.5 Å². The van der Waals surface area contributed by atoms with Crippen molar-refractivity contribution in [2.24, 2.45) is 0 Å². The first-order valence-electron chi connectivity index (χ1n) is 16.4. The highest BCUT2D eigenvalue weighted by Gasteiger charge is 2.39. The largest absolute Gasteiger partial charge is 0.459 e. The topological polar surface area (TPSA) is 121 Å². The number of nitrogens with zero attached hydrogens (tertiary/aromatic N) is 6. The summed E-state index contributed by atoms with van der Waals surface area (Å²) in [5.41, 5.74) is 3.50. The van der Waals surface area contributed by atoms with E-state index in [1.54, 1.807) is 4.68 Å². The molecule has 252 valence electrons. The maximum absolute atomic E-state index is 14.8. The fraction of sp³-hybridized carbons (Fsp3) is 0.231. The molecule has 1 unspecified atom stereocenters. The maximum atomic E-state index is 14.8. The highest BCUT2D eigenvalue weighted by Crippen LogP contribution is 2.39. The highest BCUT2D eigenvalue weighted by atomic mass is 16.6. The van der Waals surface area contributed by atoms with Gasteiger partial charge in [0.25, 0.3) is 0 Å². The number of hydrogen-bond donors (Lipinski definition) is 0. The van der Waals surface area contributed by atoms with Crippen molar-refractivity contribution < 1.29 is 23.9 Å². The van der Waals surface area contributed by atoms with Crippen molar-refractivity contribution >= 4 is 34.4 Å². The Bertz CT molecular complexity index is 2190. The lowest BCUT2D eigenvalue weighted by Gasteiger charge is -2.24. The molecule has 6 aromatic rings. The molecule has 1 amide bonds. The molecule has 0 aliphatic carbocycles. The second-order valence-electron chi connectivity index (χ2n) is 13.1. The van der Waals surface area contributed by atoms with Gasteiger partial charge in [-0.25, -0.2) is 0 Å². The predicted octanol–water partition coefficient (Wildman–Crippen LogP) is 6.04. The van der Waals surface area contributed by atoms with E-state index in [9.17, 15) is 14.4 Å². The molecule has 1 aliphatic rings. The van der Waals surface area contributed by atoms with Crippen molar-refractivity contribution in [3.63, 3.8) is 0 Å². The summed E-state index contributed by atoms with van der Waals surface area (Å²) in [6, 6.07) is 34.0. The van der Waals surface area contributed by atoms with Gasteiger partial charge in [0.05, 0.1) is 22.6 Å². The summed E-state index contributed by atoms with van der Waals surface area (Å²) in [7, 11) is 0. The molecule has 0 saturated carbocycles. The van der Waals surface area contributed by atoms with Gasteiger partial charge in [-0.15, -0.1) is 10.2 Å². The molecule has 7 rings (SSSR count). The van der Waals surface area contributed by atoms with Crippen LogP contribution in [0.4, 0.5) is 5.69 Å². The molecule has 11 nitrogen and oxygen atoms in total. The van der Waals surface area contributed by atoms with E-state index < -0.39 is 23.5 Å². The average Bonchev–Trinajstić information content (AvgIpc) is 3.68. The number of aromatic nitrogens is 5. The first kappa shape index (κ1) is 32.4. The van der Waals surface area contributed by atoms with E-state index in [-0.39, 0.29) is 32.0 Å². The quantitative estimate of drug-likeness (QED) is 0.171. The smallest absolute Gasteiger partial charge is 0.328 e. The minimum Gasteiger partial charge on any atom is -0.459 e. The fourth-order valence-electron chi connectivity index (χ4n) is 6.24. The van der Waals surface area contributed by atoms with Crippen LogP contribution < -0.4 is 4.90 Å². The Morgan fingerprint density at radius 3 is 2.16 bits per heavy atom. The van der Waals surface area contributed by atoms with Gasteiger partial charge in [0.1, 0.15) is 31.2 Å². The van der Waals surface area contributed by atoms with Crippen molar-refractivity contribution in [2.75, 3.05) is 11.4 Å². The number of anilines is 1. The Balaban J connectivity index is 1.31. The normalized spacial score (nSPS) is 14.2. The van der Waals surface area contributed by atoms with Gasteiger partial charge in [0.15, 0.2) is 11.6 Å². The van der Waals surface area contributed by atoms with E-state index in [0.29, 0.717) is 28.7 Å². The summed E-state index contributed by atoms with van der Waals surface area (Å²) >= 11 is 0. The van der Waals surface area contributed by atoms with Crippen LogP contribution >= 0.6 is 0 Å². The lowest BCUT2D eigenvalue weighted by molar-refractivity contribution is -0.155. The minimum atomic E-state index is -0.900. The van der Waals surface area contributed by atoms with Crippen molar-refractivity contribution in [1.29, 1.82) is 0 Å². The first-order valence-corrected chi connectivity index (χ1v) is 16.4. The Morgan fingerprint density at radius 2 is 1.42 bits per heavy atom. The molecule has 0 fully saturated rings. The number of amides is 1. The molecular weight excluding hydrogens is 632 g/mol. The lowest BCUT2D eigenvalue weighted by atomic mass is 9.98. The summed E-state index contributed by atoms with van der Waals surface area (Å²) in [5, 5.41) is 14.9. The SMILES string of the molecule is CC(C)(C)OC(=O)Cn1nc(CC2C(=O)N(CC(=O)OCc3ccccc3)c3ccccc3-n3c(-c4ccccc4)nnc32)c2ccccc21. The van der Waals surface area contributed by atoms with E-state index in [0.717, 1.165) is 22.0 Å². The minimum absolute atomic E-state index is 0.0809. The summed E-state index contributed by atoms with van der Waals surface area (Å²) in [5.74, 6) is -1.27. The summed E-state index contributed by atoms with van der Waals surface area (Å²) < 4.78 is 14.7. The van der Waals surface area contributed by atoms with E-state index in [2.05, 4.69) is 10.2 Å². The number of ether oxygens (including phenoxy) is 2. The van der Waals surface area contributed by atoms with Crippen molar-refractivity contribution in [2.45, 2.75) is 51.9 Å². The molecule has 3 heterocycles. The van der Waals surface area contributed by atoms with E-state index in [1.165, 1.54) is 4.90 Å². The maximum Gasteiger partial charge on any atom is 0.328 e. The first-order chi connectivity index (χ1) is 24.2. The second kappa shape index (κ2) is 13.4. The van der Waals surface area contributed by atoms with Crippen molar-refractivity contribution in [1.82, 2.24) is 24.5 Å². The molecule has 0 saturated heterocycles. The van der Waals surface area contributed by atoms with Gasteiger partial charge in [0.2, 0.25) is 5.91 Å². The van der Waals surface area contributed by atoms with Crippen LogP contribution in [0.15, 0.2) is 109 Å². The predicted molar refractivity (Wildman–Crippen MR) is 187 cm³/mol. The monoisotopic (exact) mass is 668 g/mol. The van der Waals surface area contributed by atoms with Gasteiger partial charge in [-0.05, 0) is 44.5 Å². The van der Waals surface area contributed by atoms with Gasteiger partial charge in [-0.1, -0.05) is 91.0 Å². The molecule has 0 bridgehead atoms. The standard InChI is InChI=1S/C39H36N6O5/c1-39(2,3)50-35(47)24-44-31-19-11-10-18-28(31)30(42-44)22-29-37-41-40-36(27-16-8-5-9-17-27)45(37)33-21-13-12-20-32(33)43(38(29)48)23-34(46)49-25-26-14-6-4-7-15-26/h4-21,29H,22-25H2,1-3H3. The molecule has 50 heavy (non-hydrogen) atoms. The van der Waals surface area contributed by atoms with Crippen LogP contribution in [0.5, 0.6) is 0 Å². The molecule has 4 aromatic carbocycles. The summed E-state index contributed by atoms with van der Waals surface area (Å²) in [4.78, 5) is 42.6. The molecule has 11 heteroatoms. The van der Waals surface area contributed by atoms with Gasteiger partial charge < -0.3 is 9.47 Å². The number of benzene rings is 4. The Kier molecular flexibility index (Phi) is 8.71. The molecule has 2 aromatic heterocycles. The summed E-state index contributed by atoms with van der Waals surface area (Å²) in [6.45, 7) is 5.11. The zero-order chi connectivity index (χ0) is 34.8. The average molecular weight is 669 g/mol. The van der Waals surface area contributed by atoms with Crippen LogP contribution in [0.2, 0.25) is 0 Å². The van der Waals surface area contributed by atoms with Crippen LogP contribution in [-0.2, 0) is 43.4 Å². The molecule has 0 N–H and O–H groups in total. The number of carbonyl (C=O) groups is 3. The third kappa shape index (κ3) is 6.62. The number of esters is 2. The van der Waals surface area contributed by atoms with E-state index >= 15 is 0 Å². The van der Waals surface area contributed by atoms with Gasteiger partial charge in [0, 0.05) is 17.4 Å². The van der Waals surface area contributed by atoms with Crippen molar-refractivity contribution in [3.8, 4) is 17.1 Å². The Hall–Kier alpha value is -6.10. The summed E-state index contributed by atoms with van der Waals surface area (Å²) in [6.07, 6.45) is 0.122. The second-order valence-corrected chi connectivity index (χ2v) is 13.1. The van der Waals surface area contributed by atoms with Gasteiger partial charge >= 0.3 is 11.9 Å². The third-order valence-corrected chi connectivity index (χ3v) is 8.37. The molecule has 0 radical (unpaired) electrons. The zero-order valence-corrected chi connectivity index (χ0v) is 28.0. The number of fused-ring (bicyclic) bond motifs is 4. The van der Waals surface area contributed by atoms with Crippen molar-refractivity contribution in [3.05, 3.63) is 126 Å². The van der Waals surface area contributed by atoms with E-state index in [1.807, 2.05) is 135 Å². The van der Waals surface area contributed by atoms with Gasteiger partial charge in [-0.2, -0.15) is 5.10 Å². The third-order valence-electron chi connectivity index (χ3n) is 8.37. The zero-order valence-electron chi connectivity index (χ0n) is 28.0. The fourth-order valence-corrected chi connectivity index (χ4v) is 6.24. The number of carbonyl (C=O) groups excluding carboxylic acids is 3. The number of hydrogen-bond acceptors (Lipinski definition) is 8. The number of rotatable bonds is 9. The van der Waals surface area contributed by atoms with Crippen LogP contribution in [0.1, 0.15) is 43.8 Å².